The molecule has 2 unspecified atom stereocenters. The predicted octanol–water partition coefficient (Wildman–Crippen LogP) is 3.36. The van der Waals surface area contributed by atoms with Gasteiger partial charge in [0, 0.05) is 18.0 Å². The number of hydrogen-bond acceptors (Lipinski definition) is 3. The molecule has 2 atom stereocenters. The van der Waals surface area contributed by atoms with E-state index < -0.39 is 0 Å². The van der Waals surface area contributed by atoms with E-state index in [1.165, 1.54) is 10.4 Å². The zero-order valence-corrected chi connectivity index (χ0v) is 14.0. The third kappa shape index (κ3) is 2.53. The van der Waals surface area contributed by atoms with Crippen LogP contribution in [0.2, 0.25) is 0 Å². The predicted molar refractivity (Wildman–Crippen MR) is 87.6 cm³/mol. The Morgan fingerprint density at radius 3 is 3.05 bits per heavy atom. The second kappa shape index (κ2) is 6.09. The van der Waals surface area contributed by atoms with Crippen LogP contribution in [0.5, 0.6) is 0 Å². The molecule has 0 radical (unpaired) electrons. The van der Waals surface area contributed by atoms with E-state index in [1.54, 1.807) is 0 Å². The smallest absolute Gasteiger partial charge is 0.230 e. The summed E-state index contributed by atoms with van der Waals surface area (Å²) in [6.07, 6.45) is 5.15. The molecule has 21 heavy (non-hydrogen) atoms. The summed E-state index contributed by atoms with van der Waals surface area (Å²) in [7, 11) is 0. The third-order valence-electron chi connectivity index (χ3n) is 5.35. The molecule has 3 rings (SSSR count). The quantitative estimate of drug-likeness (QED) is 0.928. The van der Waals surface area contributed by atoms with Crippen LogP contribution in [0.15, 0.2) is 11.4 Å². The summed E-state index contributed by atoms with van der Waals surface area (Å²) in [6, 6.07) is 2.52. The van der Waals surface area contributed by atoms with Crippen molar-refractivity contribution in [2.45, 2.75) is 52.0 Å². The Hall–Kier alpha value is -0.870. The average molecular weight is 306 g/mol. The van der Waals surface area contributed by atoms with Crippen LogP contribution in [0.25, 0.3) is 0 Å². The van der Waals surface area contributed by atoms with Gasteiger partial charge in [-0.25, -0.2) is 0 Å². The standard InChI is InChI=1S/C17H26N2OS/c1-3-14-13-7-11-21-15(13)6-10-19(14)16(20)17(4-2)8-5-9-18-12-17/h7,11,14,18H,3-6,8-10,12H2,1-2H3. The number of thiophene rings is 1. The second-order valence-corrected chi connectivity index (χ2v) is 7.39. The molecule has 116 valence electrons. The fourth-order valence-corrected chi connectivity index (χ4v) is 4.92. The summed E-state index contributed by atoms with van der Waals surface area (Å²) in [5.41, 5.74) is 1.23. The highest BCUT2D eigenvalue weighted by Crippen LogP contribution is 2.40. The molecule has 3 heterocycles. The Kier molecular flexibility index (Phi) is 4.36. The number of fused-ring (bicyclic) bond motifs is 1. The van der Waals surface area contributed by atoms with Gasteiger partial charge < -0.3 is 10.2 Å². The fraction of sp³-hybridized carbons (Fsp3) is 0.706. The summed E-state index contributed by atoms with van der Waals surface area (Å²) in [6.45, 7) is 7.18. The number of piperidine rings is 1. The van der Waals surface area contributed by atoms with Gasteiger partial charge in [-0.3, -0.25) is 4.79 Å². The lowest BCUT2D eigenvalue weighted by Crippen LogP contribution is -2.53. The lowest BCUT2D eigenvalue weighted by molar-refractivity contribution is -0.146. The molecule has 0 aromatic carbocycles. The van der Waals surface area contributed by atoms with Gasteiger partial charge >= 0.3 is 0 Å². The first-order chi connectivity index (χ1) is 10.2. The minimum Gasteiger partial charge on any atom is -0.335 e. The maximum Gasteiger partial charge on any atom is 0.230 e. The summed E-state index contributed by atoms with van der Waals surface area (Å²) in [5.74, 6) is 0.390. The van der Waals surface area contributed by atoms with Gasteiger partial charge in [0.2, 0.25) is 5.91 Å². The van der Waals surface area contributed by atoms with Gasteiger partial charge in [0.05, 0.1) is 11.5 Å². The van der Waals surface area contributed by atoms with Crippen LogP contribution in [0.4, 0.5) is 0 Å². The van der Waals surface area contributed by atoms with Gasteiger partial charge in [0.25, 0.3) is 0 Å². The van der Waals surface area contributed by atoms with Crippen molar-refractivity contribution in [3.8, 4) is 0 Å². The Morgan fingerprint density at radius 1 is 1.52 bits per heavy atom. The SMILES string of the molecule is CCC1c2ccsc2CCN1C(=O)C1(CC)CCCNC1. The van der Waals surface area contributed by atoms with Crippen LogP contribution >= 0.6 is 11.3 Å². The molecule has 1 aromatic rings. The van der Waals surface area contributed by atoms with Crippen molar-refractivity contribution in [3.05, 3.63) is 21.9 Å². The van der Waals surface area contributed by atoms with Crippen molar-refractivity contribution in [1.29, 1.82) is 0 Å². The first-order valence-electron chi connectivity index (χ1n) is 8.30. The Morgan fingerprint density at radius 2 is 2.38 bits per heavy atom. The summed E-state index contributed by atoms with van der Waals surface area (Å²) in [4.78, 5) is 17.0. The maximum absolute atomic E-state index is 13.3. The van der Waals surface area contributed by atoms with Crippen LogP contribution < -0.4 is 5.32 Å². The van der Waals surface area contributed by atoms with Crippen LogP contribution in [-0.2, 0) is 11.2 Å². The molecule has 1 aromatic heterocycles. The van der Waals surface area contributed by atoms with Crippen molar-refractivity contribution >= 4 is 17.2 Å². The van der Waals surface area contributed by atoms with Crippen molar-refractivity contribution in [1.82, 2.24) is 10.2 Å². The molecule has 0 aliphatic carbocycles. The molecule has 4 heteroatoms. The molecule has 1 amide bonds. The average Bonchev–Trinajstić information content (AvgIpc) is 3.02. The molecule has 3 nitrogen and oxygen atoms in total. The molecule has 2 aliphatic rings. The molecule has 1 saturated heterocycles. The lowest BCUT2D eigenvalue weighted by Gasteiger charge is -2.44. The van der Waals surface area contributed by atoms with Gasteiger partial charge in [-0.1, -0.05) is 13.8 Å². The largest absolute Gasteiger partial charge is 0.335 e. The molecule has 0 saturated carbocycles. The molecular formula is C17H26N2OS. The van der Waals surface area contributed by atoms with Crippen LogP contribution in [0.3, 0.4) is 0 Å². The second-order valence-electron chi connectivity index (χ2n) is 6.39. The van der Waals surface area contributed by atoms with Crippen molar-refractivity contribution in [3.63, 3.8) is 0 Å². The van der Waals surface area contributed by atoms with Gasteiger partial charge in [-0.2, -0.15) is 0 Å². The number of carbonyl (C=O) groups is 1. The summed E-state index contributed by atoms with van der Waals surface area (Å²) >= 11 is 1.85. The van der Waals surface area contributed by atoms with Gasteiger partial charge in [0.15, 0.2) is 0 Å². The van der Waals surface area contributed by atoms with Gasteiger partial charge in [-0.05, 0) is 55.7 Å². The zero-order valence-electron chi connectivity index (χ0n) is 13.2. The van der Waals surface area contributed by atoms with E-state index in [2.05, 4.69) is 35.5 Å². The highest BCUT2D eigenvalue weighted by Gasteiger charge is 2.43. The maximum atomic E-state index is 13.3. The monoisotopic (exact) mass is 306 g/mol. The number of amides is 1. The third-order valence-corrected chi connectivity index (χ3v) is 6.34. The normalized spacial score (nSPS) is 29.2. The molecule has 0 spiro atoms. The van der Waals surface area contributed by atoms with E-state index in [-0.39, 0.29) is 11.5 Å². The van der Waals surface area contributed by atoms with Crippen LogP contribution in [0, 0.1) is 5.41 Å². The van der Waals surface area contributed by atoms with Gasteiger partial charge in [0.1, 0.15) is 0 Å². The molecule has 1 fully saturated rings. The minimum absolute atomic E-state index is 0.167. The number of hydrogen-bond donors (Lipinski definition) is 1. The zero-order chi connectivity index (χ0) is 14.9. The van der Waals surface area contributed by atoms with E-state index in [4.69, 9.17) is 0 Å². The van der Waals surface area contributed by atoms with Crippen molar-refractivity contribution in [2.75, 3.05) is 19.6 Å². The molecule has 0 bridgehead atoms. The van der Waals surface area contributed by atoms with Crippen LogP contribution in [0.1, 0.15) is 56.0 Å². The highest BCUT2D eigenvalue weighted by atomic mass is 32.1. The Bertz CT molecular complexity index is 505. The molecule has 1 N–H and O–H groups in total. The molecular weight excluding hydrogens is 280 g/mol. The lowest BCUT2D eigenvalue weighted by atomic mass is 9.76. The fourth-order valence-electron chi connectivity index (χ4n) is 3.99. The number of nitrogens with zero attached hydrogens (tertiary/aromatic N) is 1. The number of rotatable bonds is 3. The van der Waals surface area contributed by atoms with E-state index in [9.17, 15) is 4.79 Å². The summed E-state index contributed by atoms with van der Waals surface area (Å²) < 4.78 is 0. The first-order valence-corrected chi connectivity index (χ1v) is 9.18. The topological polar surface area (TPSA) is 32.3 Å². The summed E-state index contributed by atoms with van der Waals surface area (Å²) in [5, 5.41) is 5.63. The number of nitrogens with one attached hydrogen (secondary N) is 1. The van der Waals surface area contributed by atoms with E-state index in [0.717, 1.165) is 51.7 Å². The van der Waals surface area contributed by atoms with Crippen molar-refractivity contribution < 1.29 is 4.79 Å². The minimum atomic E-state index is -0.167. The first kappa shape index (κ1) is 15.0. The Labute approximate surface area is 131 Å². The molecule has 2 aliphatic heterocycles. The number of carbonyl (C=O) groups excluding carboxylic acids is 1. The van der Waals surface area contributed by atoms with Crippen LogP contribution in [-0.4, -0.2) is 30.4 Å². The van der Waals surface area contributed by atoms with E-state index in [0.29, 0.717) is 5.91 Å². The highest BCUT2D eigenvalue weighted by molar-refractivity contribution is 7.10. The van der Waals surface area contributed by atoms with Crippen molar-refractivity contribution in [2.24, 2.45) is 5.41 Å². The van der Waals surface area contributed by atoms with Gasteiger partial charge in [-0.15, -0.1) is 11.3 Å². The van der Waals surface area contributed by atoms with E-state index >= 15 is 0 Å². The Balaban J connectivity index is 1.87. The van der Waals surface area contributed by atoms with E-state index in [1.807, 2.05) is 11.3 Å².